The minimum atomic E-state index is 0. The standard InChI is InChI=1S/C2H3.CH2O.CH3.Ru/c2*1-2;;/h1H,2H2;1H2;1H3;/q-1;;-1;+2. The van der Waals surface area contributed by atoms with Crippen molar-refractivity contribution >= 4 is 6.79 Å². The molecule has 0 fully saturated rings. The zero-order chi connectivity index (χ0) is 4.00. The van der Waals surface area contributed by atoms with Crippen LogP contribution in [0.5, 0.6) is 0 Å². The summed E-state index contributed by atoms with van der Waals surface area (Å²) in [6.45, 7) is 9.00. The van der Waals surface area contributed by atoms with Crippen LogP contribution in [0, 0.1) is 14.0 Å². The maximum absolute atomic E-state index is 8.00. The van der Waals surface area contributed by atoms with Gasteiger partial charge in [-0.2, -0.15) is 0 Å². The maximum Gasteiger partial charge on any atom is 2.00 e. The summed E-state index contributed by atoms with van der Waals surface area (Å²) < 4.78 is 0. The average molecular weight is 173 g/mol. The van der Waals surface area contributed by atoms with E-state index < -0.39 is 0 Å². The number of carbonyl (C=O) groups is 1. The molecule has 38 valence electrons. The summed E-state index contributed by atoms with van der Waals surface area (Å²) in [6.07, 6.45) is 0. The van der Waals surface area contributed by atoms with E-state index in [0.29, 0.717) is 0 Å². The minimum absolute atomic E-state index is 0. The predicted molar refractivity (Wildman–Crippen MR) is 23.5 cm³/mol. The van der Waals surface area contributed by atoms with Crippen LogP contribution < -0.4 is 0 Å². The van der Waals surface area contributed by atoms with Crippen molar-refractivity contribution in [1.29, 1.82) is 0 Å². The Morgan fingerprint density at radius 2 is 1.17 bits per heavy atom. The van der Waals surface area contributed by atoms with Crippen LogP contribution in [-0.4, -0.2) is 6.79 Å². The first-order valence-electron chi connectivity index (χ1n) is 0.697. The zero-order valence-electron chi connectivity index (χ0n) is 3.75. The Labute approximate surface area is 52.2 Å². The van der Waals surface area contributed by atoms with Crippen LogP contribution in [-0.2, 0) is 24.3 Å². The molecule has 0 atom stereocenters. The molecule has 0 bridgehead atoms. The summed E-state index contributed by atoms with van der Waals surface area (Å²) in [6, 6.07) is 0. The molecular weight excluding hydrogens is 165 g/mol. The van der Waals surface area contributed by atoms with E-state index in [2.05, 4.69) is 13.2 Å². The van der Waals surface area contributed by atoms with Gasteiger partial charge in [0, 0.05) is 0 Å². The predicted octanol–water partition coefficient (Wildman–Crippen LogP) is 0.868. The summed E-state index contributed by atoms with van der Waals surface area (Å²) >= 11 is 0. The molecule has 2 heteroatoms. The molecule has 0 amide bonds. The quantitative estimate of drug-likeness (QED) is 0.392. The van der Waals surface area contributed by atoms with E-state index in [1.807, 2.05) is 6.79 Å². The van der Waals surface area contributed by atoms with Gasteiger partial charge in [0.2, 0.25) is 0 Å². The molecule has 0 unspecified atom stereocenters. The monoisotopic (exact) mass is 174 g/mol. The van der Waals surface area contributed by atoms with Crippen molar-refractivity contribution < 1.29 is 24.3 Å². The molecule has 0 N–H and O–H groups in total. The molecule has 0 aromatic carbocycles. The number of rotatable bonds is 0. The maximum atomic E-state index is 8.00. The Kier molecular flexibility index (Phi) is 453000. The molecule has 0 saturated carbocycles. The topological polar surface area (TPSA) is 17.1 Å². The van der Waals surface area contributed by atoms with Crippen molar-refractivity contribution in [2.75, 3.05) is 0 Å². The first-order chi connectivity index (χ1) is 2.00. The largest absolute Gasteiger partial charge is 2.00 e. The molecule has 0 aromatic heterocycles. The summed E-state index contributed by atoms with van der Waals surface area (Å²) in [5.74, 6) is 0. The van der Waals surface area contributed by atoms with E-state index in [1.165, 1.54) is 0 Å². The van der Waals surface area contributed by atoms with Gasteiger partial charge in [-0.15, -0.1) is 0 Å². The molecule has 0 aliphatic heterocycles. The second-order valence-electron chi connectivity index (χ2n) is 0. The van der Waals surface area contributed by atoms with E-state index >= 15 is 0 Å². The van der Waals surface area contributed by atoms with Gasteiger partial charge in [-0.05, 0) is 0 Å². The molecule has 1 nitrogen and oxygen atoms in total. The normalized spacial score (nSPS) is 1.33. The Morgan fingerprint density at radius 3 is 1.17 bits per heavy atom. The number of hydrogen-bond donors (Lipinski definition) is 0. The van der Waals surface area contributed by atoms with Gasteiger partial charge >= 0.3 is 19.5 Å². The minimum Gasteiger partial charge on any atom is -0.521 e. The SMILES string of the molecule is C=O.[CH-]=C.[CH3-].[Ru+2]. The smallest absolute Gasteiger partial charge is 0.521 e. The third-order valence-corrected chi connectivity index (χ3v) is 0. The van der Waals surface area contributed by atoms with Gasteiger partial charge in [0.05, 0.1) is 0 Å². The van der Waals surface area contributed by atoms with Crippen LogP contribution in [0.15, 0.2) is 6.58 Å². The summed E-state index contributed by atoms with van der Waals surface area (Å²) in [4.78, 5) is 8.00. The average Bonchev–Trinajstić information content (AvgIpc) is 1.50. The summed E-state index contributed by atoms with van der Waals surface area (Å²) in [5.41, 5.74) is 0. The molecule has 6 heavy (non-hydrogen) atoms. The summed E-state index contributed by atoms with van der Waals surface area (Å²) in [7, 11) is 0. The molecule has 0 spiro atoms. The third kappa shape index (κ3) is 33300. The first-order valence-corrected chi connectivity index (χ1v) is 0.697. The van der Waals surface area contributed by atoms with Crippen molar-refractivity contribution in [2.45, 2.75) is 0 Å². The summed E-state index contributed by atoms with van der Waals surface area (Å²) in [5, 5.41) is 0. The van der Waals surface area contributed by atoms with Gasteiger partial charge in [-0.1, -0.05) is 0 Å². The van der Waals surface area contributed by atoms with Gasteiger partial charge in [0.1, 0.15) is 6.79 Å². The van der Waals surface area contributed by atoms with E-state index in [1.54, 1.807) is 0 Å². The van der Waals surface area contributed by atoms with E-state index in [9.17, 15) is 0 Å². The number of hydrogen-bond acceptors (Lipinski definition) is 1. The van der Waals surface area contributed by atoms with Crippen LogP contribution in [0.2, 0.25) is 0 Å². The van der Waals surface area contributed by atoms with Crippen LogP contribution in [0.4, 0.5) is 0 Å². The Morgan fingerprint density at radius 1 is 1.17 bits per heavy atom. The molecule has 0 saturated heterocycles. The second-order valence-corrected chi connectivity index (χ2v) is 0. The fourth-order valence-corrected chi connectivity index (χ4v) is 0. The molecular formula is C4H8ORu. The molecule has 0 heterocycles. The van der Waals surface area contributed by atoms with Crippen molar-refractivity contribution in [3.63, 3.8) is 0 Å². The van der Waals surface area contributed by atoms with Crippen LogP contribution in [0.3, 0.4) is 0 Å². The van der Waals surface area contributed by atoms with Crippen LogP contribution in [0.1, 0.15) is 0 Å². The van der Waals surface area contributed by atoms with E-state index in [-0.39, 0.29) is 26.9 Å². The zero-order valence-corrected chi connectivity index (χ0v) is 5.49. The molecule has 0 rings (SSSR count). The first kappa shape index (κ1) is 37.0. The molecule has 0 aliphatic rings. The van der Waals surface area contributed by atoms with Gasteiger partial charge in [-0.25, -0.2) is 0 Å². The Hall–Kier alpha value is 0.0334. The van der Waals surface area contributed by atoms with Crippen molar-refractivity contribution in [1.82, 2.24) is 0 Å². The van der Waals surface area contributed by atoms with Gasteiger partial charge in [-0.3, -0.25) is 6.58 Å². The Balaban J connectivity index is -0.00000000500. The Bertz CT molecular complexity index is 9.51. The molecule has 0 aliphatic carbocycles. The molecule has 0 aromatic rings. The van der Waals surface area contributed by atoms with E-state index in [4.69, 9.17) is 4.79 Å². The number of carbonyl (C=O) groups excluding carboxylic acids is 1. The van der Waals surface area contributed by atoms with Crippen molar-refractivity contribution in [3.05, 3.63) is 20.6 Å². The van der Waals surface area contributed by atoms with Crippen LogP contribution in [0.25, 0.3) is 0 Å². The fourth-order valence-electron chi connectivity index (χ4n) is 0. The van der Waals surface area contributed by atoms with Crippen molar-refractivity contribution in [2.24, 2.45) is 0 Å². The second kappa shape index (κ2) is 73500. The van der Waals surface area contributed by atoms with Gasteiger partial charge < -0.3 is 18.8 Å². The molecule has 0 radical (unpaired) electrons. The van der Waals surface area contributed by atoms with Crippen molar-refractivity contribution in [3.8, 4) is 0 Å². The van der Waals surface area contributed by atoms with Gasteiger partial charge in [0.15, 0.2) is 0 Å². The van der Waals surface area contributed by atoms with Gasteiger partial charge in [0.25, 0.3) is 0 Å². The fraction of sp³-hybridized carbons (Fsp3) is 0. The van der Waals surface area contributed by atoms with E-state index in [0.717, 1.165) is 0 Å². The van der Waals surface area contributed by atoms with Crippen LogP contribution >= 0.6 is 0 Å². The third-order valence-electron chi connectivity index (χ3n) is 0.